The zero-order valence-corrected chi connectivity index (χ0v) is 42.9. The Morgan fingerprint density at radius 3 is 1.04 bits per heavy atom. The lowest BCUT2D eigenvalue weighted by Gasteiger charge is -2.51. The van der Waals surface area contributed by atoms with Gasteiger partial charge in [-0.25, -0.2) is 9.59 Å². The Labute approximate surface area is 422 Å². The molecule has 4 heterocycles. The second-order valence-electron chi connectivity index (χ2n) is 17.7. The van der Waals surface area contributed by atoms with Crippen molar-refractivity contribution in [2.45, 2.75) is 50.6 Å². The van der Waals surface area contributed by atoms with Crippen molar-refractivity contribution in [3.63, 3.8) is 0 Å². The quantitative estimate of drug-likeness (QED) is 0.0621. The van der Waals surface area contributed by atoms with Gasteiger partial charge in [0, 0.05) is 66.9 Å². The summed E-state index contributed by atoms with van der Waals surface area (Å²) >= 11 is 6.39. The molecule has 0 saturated heterocycles. The summed E-state index contributed by atoms with van der Waals surface area (Å²) in [4.78, 5) is 26.2. The van der Waals surface area contributed by atoms with Crippen LogP contribution in [0.5, 0.6) is 46.0 Å². The average Bonchev–Trinajstić information content (AvgIpc) is 3.36. The fourth-order valence-corrected chi connectivity index (χ4v) is 11.5. The Morgan fingerprint density at radius 1 is 0.478 bits per heavy atom. The molecule has 0 saturated carbocycles. The summed E-state index contributed by atoms with van der Waals surface area (Å²) in [6.45, 7) is 5.33. The molecule has 0 N–H and O–H groups in total. The molecular formula is C52H63Cl3N2O12. The van der Waals surface area contributed by atoms with Crippen LogP contribution < -0.4 is 62.7 Å². The number of carbonyl (C=O) groups excluding carboxylic acids is 2. The van der Waals surface area contributed by atoms with Crippen molar-refractivity contribution in [2.75, 3.05) is 109 Å². The molecule has 0 amide bonds. The first-order chi connectivity index (χ1) is 32.5. The van der Waals surface area contributed by atoms with Crippen molar-refractivity contribution in [1.29, 1.82) is 0 Å². The largest absolute Gasteiger partial charge is 1.00 e. The molecule has 0 bridgehead atoms. The molecule has 0 radical (unpaired) electrons. The number of ether oxygens (including phenoxy) is 10. The minimum atomic E-state index is -0.768. The predicted octanol–water partition coefficient (Wildman–Crippen LogP) is 1.49. The van der Waals surface area contributed by atoms with Gasteiger partial charge >= 0.3 is 11.9 Å². The molecule has 4 aliphatic heterocycles. The number of rotatable bonds is 18. The number of benzene rings is 4. The highest BCUT2D eigenvalue weighted by Gasteiger charge is 2.49. The summed E-state index contributed by atoms with van der Waals surface area (Å²) in [7, 11) is 13.2. The Bertz CT molecular complexity index is 2420. The standard InChI is InChI=1S/C52H63ClN2O12.2ClH/c1-58-41-23-32-11-17-54(18-12-33-24-42(59-2)46(63-6)28-37(33)50(54)36(32)27-45(41)62-5)15-9-21-66-49(56)31-40(53)52(57)67-22-10-16-55-19-13-34-25-43(60-3)47(64-7)29-38(34)51(55)39-30-48(65-8)44(61-4)26-35(39)14-20-55;;/h23-31,50-51H,9-22H2,1-8H3;2*1H/q+2;;/p-2/b40-31-;;. The van der Waals surface area contributed by atoms with E-state index in [4.69, 9.17) is 59.0 Å². The monoisotopic (exact) mass is 1010 g/mol. The molecule has 0 aromatic heterocycles. The SMILES string of the molecule is COc1cc2c(cc1OC)C1c3cc(OC)c(OC)cc3CC[N+]1(CCCOC(=O)/C=C(\Cl)C(=O)OCCC[N+]13CCc4cc(OC)c(OC)cc4C1c1cc(OC)c(OC)cc1CC3)CC2.[Cl-].[Cl-]. The van der Waals surface area contributed by atoms with Crippen LogP contribution in [0.4, 0.5) is 0 Å². The molecular weight excluding hydrogens is 951 g/mol. The molecule has 4 aromatic rings. The normalized spacial score (nSPS) is 20.5. The van der Waals surface area contributed by atoms with Gasteiger partial charge in [0.15, 0.2) is 46.0 Å². The summed E-state index contributed by atoms with van der Waals surface area (Å²) in [6.07, 6.45) is 5.60. The molecule has 17 heteroatoms. The Hall–Kier alpha value is -5.25. The highest BCUT2D eigenvalue weighted by molar-refractivity contribution is 6.42. The summed E-state index contributed by atoms with van der Waals surface area (Å²) in [5.41, 5.74) is 9.55. The van der Waals surface area contributed by atoms with Crippen molar-refractivity contribution in [3.05, 3.63) is 104 Å². The van der Waals surface area contributed by atoms with Crippen molar-refractivity contribution in [1.82, 2.24) is 0 Å². The fraction of sp³-hybridized carbons (Fsp3) is 0.462. The minimum absolute atomic E-state index is 0. The number of quaternary nitrogens is 2. The maximum Gasteiger partial charge on any atom is 0.350 e. The minimum Gasteiger partial charge on any atom is -1.00 e. The third-order valence-corrected chi connectivity index (χ3v) is 14.8. The zero-order chi connectivity index (χ0) is 47.5. The highest BCUT2D eigenvalue weighted by Crippen LogP contribution is 2.52. The van der Waals surface area contributed by atoms with Gasteiger partial charge in [0.1, 0.15) is 17.1 Å². The maximum absolute atomic E-state index is 13.1. The number of hydrogen-bond donors (Lipinski definition) is 0. The number of halogens is 3. The van der Waals surface area contributed by atoms with E-state index in [0.29, 0.717) is 58.8 Å². The van der Waals surface area contributed by atoms with E-state index >= 15 is 0 Å². The van der Waals surface area contributed by atoms with Crippen LogP contribution in [-0.2, 0) is 44.7 Å². The number of methoxy groups -OCH3 is 8. The van der Waals surface area contributed by atoms with Crippen LogP contribution >= 0.6 is 11.6 Å². The topological polar surface area (TPSA) is 126 Å². The van der Waals surface area contributed by atoms with Gasteiger partial charge in [-0.3, -0.25) is 0 Å². The molecule has 0 unspecified atom stereocenters. The lowest BCUT2D eigenvalue weighted by Crippen LogP contribution is -3.00. The molecule has 0 fully saturated rings. The van der Waals surface area contributed by atoms with Crippen LogP contribution in [0.1, 0.15) is 69.4 Å². The summed E-state index contributed by atoms with van der Waals surface area (Å²) in [6, 6.07) is 16.7. The lowest BCUT2D eigenvalue weighted by molar-refractivity contribution is -0.955. The van der Waals surface area contributed by atoms with Gasteiger partial charge in [-0.2, -0.15) is 0 Å². The lowest BCUT2D eigenvalue weighted by atomic mass is 9.79. The third-order valence-electron chi connectivity index (χ3n) is 14.6. The van der Waals surface area contributed by atoms with E-state index in [-0.39, 0.29) is 55.1 Å². The van der Waals surface area contributed by atoms with Gasteiger partial charge in [0.05, 0.1) is 109 Å². The Morgan fingerprint density at radius 2 is 0.754 bits per heavy atom. The fourth-order valence-electron chi connectivity index (χ4n) is 11.3. The van der Waals surface area contributed by atoms with E-state index in [9.17, 15) is 9.59 Å². The Kier molecular flexibility index (Phi) is 17.4. The number of hydrogen-bond acceptors (Lipinski definition) is 12. The van der Waals surface area contributed by atoms with Crippen LogP contribution in [0.3, 0.4) is 0 Å². The first-order valence-electron chi connectivity index (χ1n) is 22.9. The zero-order valence-electron chi connectivity index (χ0n) is 40.7. The number of fused-ring (bicyclic) bond motifs is 10. The van der Waals surface area contributed by atoms with Gasteiger partial charge in [-0.05, 0) is 70.8 Å². The molecule has 0 spiro atoms. The van der Waals surface area contributed by atoms with Crippen molar-refractivity contribution in [3.8, 4) is 46.0 Å². The van der Waals surface area contributed by atoms with Gasteiger partial charge in [-0.1, -0.05) is 11.6 Å². The van der Waals surface area contributed by atoms with E-state index in [2.05, 4.69) is 48.5 Å². The van der Waals surface area contributed by atoms with Gasteiger partial charge in [0.25, 0.3) is 0 Å². The summed E-state index contributed by atoms with van der Waals surface area (Å²) < 4.78 is 58.7. The second kappa shape index (κ2) is 22.7. The molecule has 374 valence electrons. The Balaban J connectivity index is 0.00000391. The molecule has 0 atom stereocenters. The van der Waals surface area contributed by atoms with Crippen LogP contribution in [0, 0.1) is 0 Å². The second-order valence-corrected chi connectivity index (χ2v) is 18.1. The molecule has 69 heavy (non-hydrogen) atoms. The third kappa shape index (κ3) is 10.2. The average molecular weight is 1010 g/mol. The van der Waals surface area contributed by atoms with Crippen molar-refractivity contribution < 1.29 is 90.7 Å². The number of nitrogens with zero attached hydrogens (tertiary/aromatic N) is 2. The first-order valence-corrected chi connectivity index (χ1v) is 23.3. The first kappa shape index (κ1) is 53.1. The van der Waals surface area contributed by atoms with Gasteiger partial charge in [0.2, 0.25) is 0 Å². The highest BCUT2D eigenvalue weighted by atomic mass is 35.5. The maximum atomic E-state index is 13.1. The van der Waals surface area contributed by atoms with E-state index < -0.39 is 11.9 Å². The predicted molar refractivity (Wildman–Crippen MR) is 251 cm³/mol. The van der Waals surface area contributed by atoms with E-state index in [1.165, 1.54) is 44.5 Å². The molecule has 4 aliphatic rings. The van der Waals surface area contributed by atoms with Crippen LogP contribution in [0.25, 0.3) is 0 Å². The molecule has 8 rings (SSSR count). The summed E-state index contributed by atoms with van der Waals surface area (Å²) in [5.74, 6) is 4.04. The van der Waals surface area contributed by atoms with E-state index in [0.717, 1.165) is 80.0 Å². The van der Waals surface area contributed by atoms with Crippen molar-refractivity contribution >= 4 is 23.5 Å². The van der Waals surface area contributed by atoms with Gasteiger partial charge in [-0.15, -0.1) is 0 Å². The summed E-state index contributed by atoms with van der Waals surface area (Å²) in [5, 5.41) is -0.327. The van der Waals surface area contributed by atoms with Gasteiger partial charge < -0.3 is 81.1 Å². The van der Waals surface area contributed by atoms with Crippen LogP contribution in [0.15, 0.2) is 59.6 Å². The van der Waals surface area contributed by atoms with E-state index in [1.54, 1.807) is 56.9 Å². The molecule has 4 aromatic carbocycles. The molecule has 0 aliphatic carbocycles. The smallest absolute Gasteiger partial charge is 0.350 e. The number of esters is 2. The van der Waals surface area contributed by atoms with Crippen LogP contribution in [0.2, 0.25) is 0 Å². The van der Waals surface area contributed by atoms with Crippen molar-refractivity contribution in [2.24, 2.45) is 0 Å². The molecule has 14 nitrogen and oxygen atoms in total. The van der Waals surface area contributed by atoms with E-state index in [1.807, 2.05) is 0 Å². The van der Waals surface area contributed by atoms with Crippen LogP contribution in [-0.4, -0.2) is 130 Å². The number of carbonyl (C=O) groups is 2.